The van der Waals surface area contributed by atoms with Gasteiger partial charge in [0.05, 0.1) is 40.3 Å². The first-order valence-corrected chi connectivity index (χ1v) is 11.7. The Morgan fingerprint density at radius 1 is 1.32 bits per heavy atom. The van der Waals surface area contributed by atoms with Gasteiger partial charge in [-0.3, -0.25) is 14.5 Å². The number of benzene rings is 1. The quantitative estimate of drug-likeness (QED) is 0.720. The summed E-state index contributed by atoms with van der Waals surface area (Å²) in [6, 6.07) is 4.38. The van der Waals surface area contributed by atoms with Crippen LogP contribution in [0.15, 0.2) is 18.2 Å². The maximum atomic E-state index is 12.7. The summed E-state index contributed by atoms with van der Waals surface area (Å²) in [5.41, 5.74) is -0.277. The highest BCUT2D eigenvalue weighted by Gasteiger charge is 2.40. The number of carbonyl (C=O) groups excluding carboxylic acids is 2. The zero-order chi connectivity index (χ0) is 20.5. The van der Waals surface area contributed by atoms with E-state index >= 15 is 0 Å². The van der Waals surface area contributed by atoms with E-state index in [9.17, 15) is 18.0 Å². The lowest BCUT2D eigenvalue weighted by molar-refractivity contribution is -0.125. The van der Waals surface area contributed by atoms with Gasteiger partial charge in [-0.1, -0.05) is 23.2 Å². The Morgan fingerprint density at radius 3 is 2.71 bits per heavy atom. The van der Waals surface area contributed by atoms with E-state index < -0.39 is 21.4 Å². The fourth-order valence-electron chi connectivity index (χ4n) is 3.79. The number of sulfone groups is 1. The number of nitrogens with one attached hydrogen (secondary N) is 2. The molecule has 3 rings (SSSR count). The zero-order valence-corrected chi connectivity index (χ0v) is 17.8. The molecule has 154 valence electrons. The number of likely N-dealkylation sites (tertiary alicyclic amines) is 1. The number of anilines is 1. The van der Waals surface area contributed by atoms with Gasteiger partial charge in [-0.25, -0.2) is 8.42 Å². The predicted octanol–water partition coefficient (Wildman–Crippen LogP) is 2.09. The minimum absolute atomic E-state index is 0.0437. The van der Waals surface area contributed by atoms with E-state index in [2.05, 4.69) is 10.6 Å². The van der Waals surface area contributed by atoms with Crippen LogP contribution in [0, 0.1) is 0 Å². The minimum atomic E-state index is -3.11. The van der Waals surface area contributed by atoms with Crippen LogP contribution in [0.25, 0.3) is 0 Å². The summed E-state index contributed by atoms with van der Waals surface area (Å²) in [6.45, 7) is 2.41. The van der Waals surface area contributed by atoms with Crippen molar-refractivity contribution in [3.8, 4) is 0 Å². The molecule has 2 saturated heterocycles. The highest BCUT2D eigenvalue weighted by Crippen LogP contribution is 2.27. The second-order valence-corrected chi connectivity index (χ2v) is 10.7. The van der Waals surface area contributed by atoms with Crippen LogP contribution in [-0.2, 0) is 19.4 Å². The van der Waals surface area contributed by atoms with Crippen LogP contribution < -0.4 is 10.6 Å². The monoisotopic (exact) mass is 447 g/mol. The number of amides is 2. The van der Waals surface area contributed by atoms with Crippen molar-refractivity contribution in [2.45, 2.75) is 37.8 Å². The molecule has 28 heavy (non-hydrogen) atoms. The Labute approximate surface area is 174 Å². The Bertz CT molecular complexity index is 893. The van der Waals surface area contributed by atoms with Gasteiger partial charge >= 0.3 is 0 Å². The molecule has 10 heteroatoms. The van der Waals surface area contributed by atoms with Gasteiger partial charge < -0.3 is 10.6 Å². The van der Waals surface area contributed by atoms with E-state index in [0.29, 0.717) is 35.1 Å². The van der Waals surface area contributed by atoms with Crippen molar-refractivity contribution in [1.29, 1.82) is 0 Å². The van der Waals surface area contributed by atoms with E-state index in [4.69, 9.17) is 23.2 Å². The Balaban J connectivity index is 1.59. The van der Waals surface area contributed by atoms with E-state index in [1.807, 2.05) is 0 Å². The van der Waals surface area contributed by atoms with E-state index in [0.717, 1.165) is 6.42 Å². The smallest absolute Gasteiger partial charge is 0.241 e. The van der Waals surface area contributed by atoms with Crippen molar-refractivity contribution in [2.24, 2.45) is 0 Å². The Morgan fingerprint density at radius 2 is 2.07 bits per heavy atom. The third-order valence-corrected chi connectivity index (χ3v) is 7.60. The molecule has 0 spiro atoms. The molecule has 2 N–H and O–H groups in total. The van der Waals surface area contributed by atoms with Gasteiger partial charge in [0.1, 0.15) is 0 Å². The topological polar surface area (TPSA) is 95.6 Å². The highest BCUT2D eigenvalue weighted by atomic mass is 35.5. The summed E-state index contributed by atoms with van der Waals surface area (Å²) in [4.78, 5) is 27.0. The predicted molar refractivity (Wildman–Crippen MR) is 110 cm³/mol. The van der Waals surface area contributed by atoms with Gasteiger partial charge in [0.15, 0.2) is 9.84 Å². The molecule has 2 atom stereocenters. The summed E-state index contributed by atoms with van der Waals surface area (Å²) >= 11 is 12.0. The summed E-state index contributed by atoms with van der Waals surface area (Å²) in [5, 5.41) is 6.45. The molecular weight excluding hydrogens is 425 g/mol. The van der Waals surface area contributed by atoms with Crippen molar-refractivity contribution in [3.63, 3.8) is 0 Å². The van der Waals surface area contributed by atoms with Crippen molar-refractivity contribution in [1.82, 2.24) is 10.2 Å². The lowest BCUT2D eigenvalue weighted by Gasteiger charge is -2.27. The van der Waals surface area contributed by atoms with Gasteiger partial charge in [-0.15, -0.1) is 0 Å². The number of rotatable bonds is 5. The lowest BCUT2D eigenvalue weighted by Crippen LogP contribution is -2.52. The van der Waals surface area contributed by atoms with Gasteiger partial charge in [-0.2, -0.15) is 0 Å². The second kappa shape index (κ2) is 8.18. The normalized spacial score (nSPS) is 26.9. The fourth-order valence-corrected chi connectivity index (χ4v) is 6.34. The van der Waals surface area contributed by atoms with Crippen LogP contribution in [0.2, 0.25) is 10.0 Å². The number of hydrogen-bond acceptors (Lipinski definition) is 5. The summed E-state index contributed by atoms with van der Waals surface area (Å²) in [6.07, 6.45) is 1.83. The zero-order valence-electron chi connectivity index (χ0n) is 15.5. The number of nitrogens with zero attached hydrogens (tertiary/aromatic N) is 1. The first kappa shape index (κ1) is 21.4. The molecule has 2 amide bonds. The Kier molecular flexibility index (Phi) is 6.24. The van der Waals surface area contributed by atoms with Crippen LogP contribution in [0.3, 0.4) is 0 Å². The van der Waals surface area contributed by atoms with Gasteiger partial charge in [-0.05, 0) is 50.9 Å². The van der Waals surface area contributed by atoms with E-state index in [1.54, 1.807) is 30.0 Å². The SMILES string of the molecule is CC1(NC(=O)CN2CCCC2C(=O)Nc2ccc(Cl)cc2Cl)CCS(=O)(=O)C1. The van der Waals surface area contributed by atoms with E-state index in [-0.39, 0.29) is 29.9 Å². The summed E-state index contributed by atoms with van der Waals surface area (Å²) in [5.74, 6) is -0.474. The van der Waals surface area contributed by atoms with Crippen LogP contribution in [0.1, 0.15) is 26.2 Å². The average Bonchev–Trinajstić information content (AvgIpc) is 3.13. The molecule has 1 aromatic rings. The molecule has 0 radical (unpaired) electrons. The molecule has 0 aromatic heterocycles. The van der Waals surface area contributed by atoms with Gasteiger partial charge in [0, 0.05) is 5.02 Å². The molecule has 2 aliphatic heterocycles. The number of carbonyl (C=O) groups is 2. The number of halogens is 2. The largest absolute Gasteiger partial charge is 0.349 e. The lowest BCUT2D eigenvalue weighted by atomic mass is 10.0. The molecule has 0 aliphatic carbocycles. The maximum absolute atomic E-state index is 12.7. The minimum Gasteiger partial charge on any atom is -0.349 e. The molecule has 2 fully saturated rings. The Hall–Kier alpha value is -1.35. The molecule has 2 heterocycles. The number of hydrogen-bond donors (Lipinski definition) is 2. The summed E-state index contributed by atoms with van der Waals surface area (Å²) in [7, 11) is -3.11. The molecule has 0 bridgehead atoms. The van der Waals surface area contributed by atoms with Crippen molar-refractivity contribution in [2.75, 3.05) is 29.9 Å². The van der Waals surface area contributed by atoms with Gasteiger partial charge in [0.25, 0.3) is 0 Å². The standard InChI is InChI=1S/C18H23Cl2N3O4S/c1-18(6-8-28(26,27)11-18)22-16(24)10-23-7-2-3-15(23)17(25)21-14-5-4-12(19)9-13(14)20/h4-5,9,15H,2-3,6-8,10-11H2,1H3,(H,21,25)(H,22,24). The average molecular weight is 448 g/mol. The highest BCUT2D eigenvalue weighted by molar-refractivity contribution is 7.91. The molecule has 7 nitrogen and oxygen atoms in total. The van der Waals surface area contributed by atoms with Crippen LogP contribution >= 0.6 is 23.2 Å². The van der Waals surface area contributed by atoms with Crippen LogP contribution in [-0.4, -0.2) is 61.3 Å². The molecule has 2 unspecified atom stereocenters. The third-order valence-electron chi connectivity index (χ3n) is 5.15. The summed E-state index contributed by atoms with van der Waals surface area (Å²) < 4.78 is 23.4. The van der Waals surface area contributed by atoms with Crippen molar-refractivity contribution in [3.05, 3.63) is 28.2 Å². The molecule has 2 aliphatic rings. The molecule has 1 aromatic carbocycles. The van der Waals surface area contributed by atoms with Gasteiger partial charge in [0.2, 0.25) is 11.8 Å². The van der Waals surface area contributed by atoms with E-state index in [1.165, 1.54) is 0 Å². The fraction of sp³-hybridized carbons (Fsp3) is 0.556. The van der Waals surface area contributed by atoms with Crippen LogP contribution in [0.4, 0.5) is 5.69 Å². The second-order valence-electron chi connectivity index (χ2n) is 7.69. The third kappa shape index (κ3) is 5.17. The van der Waals surface area contributed by atoms with Crippen molar-refractivity contribution < 1.29 is 18.0 Å². The molecular formula is C18H23Cl2N3O4S. The van der Waals surface area contributed by atoms with Crippen molar-refractivity contribution >= 4 is 50.5 Å². The van der Waals surface area contributed by atoms with Crippen LogP contribution in [0.5, 0.6) is 0 Å². The molecule has 0 saturated carbocycles. The first-order chi connectivity index (χ1) is 13.1. The maximum Gasteiger partial charge on any atom is 0.241 e. The first-order valence-electron chi connectivity index (χ1n) is 9.08.